The monoisotopic (exact) mass is 383 g/mol. The third-order valence-electron chi connectivity index (χ3n) is 4.68. The number of fused-ring (bicyclic) bond motifs is 1. The van der Waals surface area contributed by atoms with Crippen LogP contribution in [0.15, 0.2) is 43.1 Å². The number of carbonyl (C=O) groups is 1. The second-order valence-corrected chi connectivity index (χ2v) is 6.16. The van der Waals surface area contributed by atoms with Gasteiger partial charge < -0.3 is 5.32 Å². The highest BCUT2D eigenvalue weighted by molar-refractivity contribution is 5.93. The van der Waals surface area contributed by atoms with Crippen molar-refractivity contribution >= 4 is 41.6 Å². The number of nitrogens with zero attached hydrogens (tertiary/aromatic N) is 2. The molecule has 0 unspecified atom stereocenters. The minimum absolute atomic E-state index is 0. The molecule has 1 aromatic carbocycles. The van der Waals surface area contributed by atoms with Crippen LogP contribution in [0, 0.1) is 0 Å². The molecule has 0 saturated carbocycles. The van der Waals surface area contributed by atoms with Crippen LogP contribution in [0.2, 0.25) is 0 Å². The van der Waals surface area contributed by atoms with E-state index in [1.165, 1.54) is 10.9 Å². The Labute approximate surface area is 162 Å². The SMILES string of the molecule is C=CCC[C@@H](c1cn(C(C)=O)c2ccccc12)N1CCNCC1.Cl.Cl. The summed E-state index contributed by atoms with van der Waals surface area (Å²) in [5.41, 5.74) is 2.27. The molecular weight excluding hydrogens is 357 g/mol. The zero-order valence-electron chi connectivity index (χ0n) is 14.6. The maximum absolute atomic E-state index is 12.0. The smallest absolute Gasteiger partial charge is 0.227 e. The fraction of sp³-hybridized carbons (Fsp3) is 0.421. The van der Waals surface area contributed by atoms with Gasteiger partial charge in [-0.05, 0) is 24.5 Å². The molecule has 0 amide bonds. The Hall–Kier alpha value is -1.33. The van der Waals surface area contributed by atoms with E-state index in [1.807, 2.05) is 24.4 Å². The van der Waals surface area contributed by atoms with Crippen molar-refractivity contribution in [2.75, 3.05) is 26.2 Å². The van der Waals surface area contributed by atoms with E-state index in [2.05, 4.69) is 28.9 Å². The summed E-state index contributed by atoms with van der Waals surface area (Å²) in [7, 11) is 0. The molecule has 2 heterocycles. The van der Waals surface area contributed by atoms with Crippen molar-refractivity contribution in [3.8, 4) is 0 Å². The standard InChI is InChI=1S/C19H25N3O.2ClH/c1-3-4-8-18(21-12-10-20-11-13-21)17-14-22(15(2)23)19-9-6-5-7-16(17)19;;/h3,5-7,9,14,18,20H,1,4,8,10-13H2,2H3;2*1H/t18-;;/m0../s1. The summed E-state index contributed by atoms with van der Waals surface area (Å²) in [6.07, 6.45) is 6.05. The third kappa shape index (κ3) is 4.64. The Morgan fingerprint density at radius 3 is 2.60 bits per heavy atom. The lowest BCUT2D eigenvalue weighted by molar-refractivity contribution is 0.0941. The minimum Gasteiger partial charge on any atom is -0.314 e. The van der Waals surface area contributed by atoms with Crippen LogP contribution in [-0.2, 0) is 0 Å². The van der Waals surface area contributed by atoms with Gasteiger partial charge in [0.05, 0.1) is 5.52 Å². The molecule has 0 bridgehead atoms. The van der Waals surface area contributed by atoms with Crippen LogP contribution in [0.5, 0.6) is 0 Å². The third-order valence-corrected chi connectivity index (χ3v) is 4.68. The number of piperazine rings is 1. The molecule has 1 fully saturated rings. The lowest BCUT2D eigenvalue weighted by Gasteiger charge is -2.35. The first-order valence-corrected chi connectivity index (χ1v) is 8.39. The molecule has 0 radical (unpaired) electrons. The number of hydrogen-bond donors (Lipinski definition) is 1. The number of carbonyl (C=O) groups excluding carboxylic acids is 1. The van der Waals surface area contributed by atoms with Gasteiger partial charge in [0.1, 0.15) is 0 Å². The minimum atomic E-state index is 0. The molecule has 2 aromatic rings. The molecule has 4 nitrogen and oxygen atoms in total. The van der Waals surface area contributed by atoms with Crippen molar-refractivity contribution in [1.82, 2.24) is 14.8 Å². The molecular formula is C19H27Cl2N3O. The normalized spacial score (nSPS) is 15.9. The molecule has 1 saturated heterocycles. The van der Waals surface area contributed by atoms with Gasteiger partial charge in [-0.1, -0.05) is 24.3 Å². The first-order valence-electron chi connectivity index (χ1n) is 8.39. The average Bonchev–Trinajstić information content (AvgIpc) is 2.96. The Kier molecular flexibility index (Phi) is 8.66. The van der Waals surface area contributed by atoms with Gasteiger partial charge in [0.15, 0.2) is 0 Å². The molecule has 1 N–H and O–H groups in total. The second-order valence-electron chi connectivity index (χ2n) is 6.16. The first-order chi connectivity index (χ1) is 11.2. The Morgan fingerprint density at radius 2 is 1.96 bits per heavy atom. The van der Waals surface area contributed by atoms with Gasteiger partial charge in [0.2, 0.25) is 5.91 Å². The summed E-state index contributed by atoms with van der Waals surface area (Å²) in [6.45, 7) is 9.64. The average molecular weight is 384 g/mol. The van der Waals surface area contributed by atoms with E-state index in [1.54, 1.807) is 11.5 Å². The number of rotatable bonds is 5. The number of para-hydroxylation sites is 1. The maximum atomic E-state index is 12.0. The predicted octanol–water partition coefficient (Wildman–Crippen LogP) is 4.06. The van der Waals surface area contributed by atoms with Gasteiger partial charge in [0.25, 0.3) is 0 Å². The molecule has 1 aliphatic heterocycles. The molecule has 1 atom stereocenters. The first kappa shape index (κ1) is 21.7. The zero-order valence-corrected chi connectivity index (χ0v) is 16.2. The number of allylic oxidation sites excluding steroid dienone is 1. The number of benzene rings is 1. The van der Waals surface area contributed by atoms with Crippen LogP contribution in [0.25, 0.3) is 10.9 Å². The fourth-order valence-electron chi connectivity index (χ4n) is 3.54. The zero-order chi connectivity index (χ0) is 16.2. The van der Waals surface area contributed by atoms with Crippen molar-refractivity contribution in [3.63, 3.8) is 0 Å². The van der Waals surface area contributed by atoms with E-state index in [0.29, 0.717) is 6.04 Å². The van der Waals surface area contributed by atoms with Crippen molar-refractivity contribution in [1.29, 1.82) is 0 Å². The van der Waals surface area contributed by atoms with E-state index >= 15 is 0 Å². The van der Waals surface area contributed by atoms with Gasteiger partial charge >= 0.3 is 0 Å². The summed E-state index contributed by atoms with van der Waals surface area (Å²) in [5.74, 6) is 0.0650. The number of nitrogens with one attached hydrogen (secondary N) is 1. The van der Waals surface area contributed by atoms with Gasteiger partial charge in [-0.15, -0.1) is 31.4 Å². The Morgan fingerprint density at radius 1 is 1.28 bits per heavy atom. The van der Waals surface area contributed by atoms with Crippen LogP contribution in [-0.4, -0.2) is 41.6 Å². The van der Waals surface area contributed by atoms with Crippen LogP contribution < -0.4 is 5.32 Å². The quantitative estimate of drug-likeness (QED) is 0.790. The van der Waals surface area contributed by atoms with E-state index in [9.17, 15) is 4.79 Å². The van der Waals surface area contributed by atoms with Crippen LogP contribution in [0.1, 0.15) is 36.2 Å². The van der Waals surface area contributed by atoms with Gasteiger partial charge in [-0.25, -0.2) is 0 Å². The van der Waals surface area contributed by atoms with Crippen molar-refractivity contribution in [2.45, 2.75) is 25.8 Å². The molecule has 6 heteroatoms. The summed E-state index contributed by atoms with van der Waals surface area (Å²) < 4.78 is 1.79. The van der Waals surface area contributed by atoms with E-state index in [0.717, 1.165) is 44.5 Å². The highest BCUT2D eigenvalue weighted by Crippen LogP contribution is 2.33. The summed E-state index contributed by atoms with van der Waals surface area (Å²) in [5, 5.41) is 4.61. The van der Waals surface area contributed by atoms with Crippen molar-refractivity contribution in [3.05, 3.63) is 48.7 Å². The summed E-state index contributed by atoms with van der Waals surface area (Å²) >= 11 is 0. The maximum Gasteiger partial charge on any atom is 0.227 e. The molecule has 0 spiro atoms. The van der Waals surface area contributed by atoms with Crippen LogP contribution >= 0.6 is 24.8 Å². The van der Waals surface area contributed by atoms with E-state index < -0.39 is 0 Å². The van der Waals surface area contributed by atoms with Gasteiger partial charge in [-0.3, -0.25) is 14.3 Å². The number of hydrogen-bond acceptors (Lipinski definition) is 3. The van der Waals surface area contributed by atoms with Gasteiger partial charge in [-0.2, -0.15) is 0 Å². The Bertz CT molecular complexity index is 708. The lowest BCUT2D eigenvalue weighted by Crippen LogP contribution is -2.45. The summed E-state index contributed by atoms with van der Waals surface area (Å²) in [4.78, 5) is 14.5. The molecule has 25 heavy (non-hydrogen) atoms. The lowest BCUT2D eigenvalue weighted by atomic mass is 9.99. The topological polar surface area (TPSA) is 37.3 Å². The molecule has 1 aliphatic rings. The fourth-order valence-corrected chi connectivity index (χ4v) is 3.54. The highest BCUT2D eigenvalue weighted by atomic mass is 35.5. The van der Waals surface area contributed by atoms with E-state index in [4.69, 9.17) is 0 Å². The van der Waals surface area contributed by atoms with Crippen LogP contribution in [0.4, 0.5) is 0 Å². The van der Waals surface area contributed by atoms with Gasteiger partial charge in [0, 0.05) is 50.7 Å². The molecule has 3 rings (SSSR count). The second kappa shape index (κ2) is 9.97. The van der Waals surface area contributed by atoms with Crippen molar-refractivity contribution < 1.29 is 4.79 Å². The molecule has 1 aromatic heterocycles. The van der Waals surface area contributed by atoms with Crippen molar-refractivity contribution in [2.24, 2.45) is 0 Å². The highest BCUT2D eigenvalue weighted by Gasteiger charge is 2.25. The largest absolute Gasteiger partial charge is 0.314 e. The Balaban J connectivity index is 0.00000156. The van der Waals surface area contributed by atoms with Crippen LogP contribution in [0.3, 0.4) is 0 Å². The van der Waals surface area contributed by atoms with E-state index in [-0.39, 0.29) is 30.7 Å². The number of aromatic nitrogens is 1. The molecule has 0 aliphatic carbocycles. The number of halogens is 2. The summed E-state index contributed by atoms with van der Waals surface area (Å²) in [6, 6.07) is 8.55. The predicted molar refractivity (Wildman–Crippen MR) is 109 cm³/mol. The molecule has 138 valence electrons.